The van der Waals surface area contributed by atoms with Gasteiger partial charge in [-0.05, 0) is 22.0 Å². The van der Waals surface area contributed by atoms with Crippen molar-refractivity contribution in [1.82, 2.24) is 4.57 Å². The molecule has 0 aliphatic heterocycles. The van der Waals surface area contributed by atoms with Crippen LogP contribution in [0.2, 0.25) is 10.0 Å². The zero-order valence-electron chi connectivity index (χ0n) is 6.97. The lowest BCUT2D eigenvalue weighted by atomic mass is 10.3. The number of rotatable bonds is 0. The molecule has 0 aliphatic rings. The first-order chi connectivity index (χ1) is 6.52. The summed E-state index contributed by atoms with van der Waals surface area (Å²) in [7, 11) is 1.58. The quantitative estimate of drug-likeness (QED) is 0.700. The highest BCUT2D eigenvalue weighted by molar-refractivity contribution is 9.10. The Labute approximate surface area is 97.3 Å². The van der Waals surface area contributed by atoms with Crippen molar-refractivity contribution in [2.45, 2.75) is 0 Å². The van der Waals surface area contributed by atoms with E-state index in [1.165, 1.54) is 4.57 Å². The maximum Gasteiger partial charge on any atom is 0.419 e. The number of oxazole rings is 1. The maximum absolute atomic E-state index is 11.2. The molecule has 1 aromatic heterocycles. The van der Waals surface area contributed by atoms with E-state index >= 15 is 0 Å². The van der Waals surface area contributed by atoms with E-state index in [-0.39, 0.29) is 0 Å². The molecule has 0 spiro atoms. The van der Waals surface area contributed by atoms with Crippen LogP contribution in [0, 0.1) is 0 Å². The van der Waals surface area contributed by atoms with Crippen molar-refractivity contribution < 1.29 is 4.42 Å². The highest BCUT2D eigenvalue weighted by Gasteiger charge is 2.15. The first kappa shape index (κ1) is 10.1. The zero-order valence-corrected chi connectivity index (χ0v) is 10.1. The largest absolute Gasteiger partial charge is 0.419 e. The Bertz CT molecular complexity index is 573. The molecule has 0 aliphatic carbocycles. The van der Waals surface area contributed by atoms with Gasteiger partial charge in [-0.25, -0.2) is 4.79 Å². The zero-order chi connectivity index (χ0) is 10.5. The number of benzene rings is 1. The first-order valence-corrected chi connectivity index (χ1v) is 5.20. The molecule has 0 N–H and O–H groups in total. The summed E-state index contributed by atoms with van der Waals surface area (Å²) in [4.78, 5) is 11.2. The summed E-state index contributed by atoms with van der Waals surface area (Å²) in [5.41, 5.74) is 0.906. The van der Waals surface area contributed by atoms with Gasteiger partial charge in [-0.3, -0.25) is 4.57 Å². The summed E-state index contributed by atoms with van der Waals surface area (Å²) in [6.07, 6.45) is 0. The van der Waals surface area contributed by atoms with Gasteiger partial charge < -0.3 is 4.42 Å². The topological polar surface area (TPSA) is 35.1 Å². The first-order valence-electron chi connectivity index (χ1n) is 3.65. The molecule has 1 aromatic carbocycles. The number of halogens is 3. The summed E-state index contributed by atoms with van der Waals surface area (Å²) < 4.78 is 6.85. The van der Waals surface area contributed by atoms with E-state index in [0.717, 1.165) is 0 Å². The molecule has 0 atom stereocenters. The van der Waals surface area contributed by atoms with E-state index in [9.17, 15) is 4.79 Å². The van der Waals surface area contributed by atoms with Gasteiger partial charge in [-0.1, -0.05) is 23.2 Å². The number of nitrogens with zero attached hydrogens (tertiary/aromatic N) is 1. The Morgan fingerprint density at radius 2 is 2.07 bits per heavy atom. The molecule has 1 heterocycles. The van der Waals surface area contributed by atoms with E-state index in [1.54, 1.807) is 13.1 Å². The van der Waals surface area contributed by atoms with Gasteiger partial charge >= 0.3 is 5.76 Å². The van der Waals surface area contributed by atoms with E-state index in [1.807, 2.05) is 0 Å². The molecular formula is C8H4BrCl2NO2. The lowest BCUT2D eigenvalue weighted by Crippen LogP contribution is -2.08. The van der Waals surface area contributed by atoms with Gasteiger partial charge in [-0.2, -0.15) is 0 Å². The molecule has 6 heteroatoms. The van der Waals surface area contributed by atoms with Gasteiger partial charge in [0, 0.05) is 7.05 Å². The minimum absolute atomic E-state index is 0.370. The van der Waals surface area contributed by atoms with Crippen LogP contribution in [0.15, 0.2) is 19.8 Å². The average molecular weight is 297 g/mol. The van der Waals surface area contributed by atoms with E-state index < -0.39 is 5.76 Å². The average Bonchev–Trinajstić information content (AvgIpc) is 2.40. The van der Waals surface area contributed by atoms with Crippen LogP contribution in [0.5, 0.6) is 0 Å². The van der Waals surface area contributed by atoms with Gasteiger partial charge in [-0.15, -0.1) is 0 Å². The summed E-state index contributed by atoms with van der Waals surface area (Å²) >= 11 is 15.0. The molecule has 0 bridgehead atoms. The Morgan fingerprint density at radius 1 is 1.43 bits per heavy atom. The number of fused-ring (bicyclic) bond motifs is 1. The normalized spacial score (nSPS) is 11.1. The maximum atomic E-state index is 11.2. The predicted molar refractivity (Wildman–Crippen MR) is 59.2 cm³/mol. The monoisotopic (exact) mass is 295 g/mol. The van der Waals surface area contributed by atoms with Gasteiger partial charge in [0.25, 0.3) is 0 Å². The molecule has 74 valence electrons. The Morgan fingerprint density at radius 3 is 2.71 bits per heavy atom. The fraction of sp³-hybridized carbons (Fsp3) is 0.125. The van der Waals surface area contributed by atoms with Crippen molar-refractivity contribution in [3.63, 3.8) is 0 Å². The minimum atomic E-state index is -0.468. The van der Waals surface area contributed by atoms with Crippen LogP contribution in [-0.4, -0.2) is 4.57 Å². The standard InChI is InChI=1S/C8H4BrCl2NO2/c1-12-6-4(11)2-3(10)5(9)7(6)14-8(12)13/h2H,1H3. The van der Waals surface area contributed by atoms with Gasteiger partial charge in [0.1, 0.15) is 5.52 Å². The third-order valence-electron chi connectivity index (χ3n) is 1.90. The number of hydrogen-bond donors (Lipinski definition) is 0. The number of aryl methyl sites for hydroxylation is 1. The second-order valence-electron chi connectivity index (χ2n) is 2.76. The summed E-state index contributed by atoms with van der Waals surface area (Å²) in [6.45, 7) is 0. The number of hydrogen-bond acceptors (Lipinski definition) is 2. The molecular weight excluding hydrogens is 293 g/mol. The van der Waals surface area contributed by atoms with E-state index in [0.29, 0.717) is 25.6 Å². The Hall–Kier alpha value is -0.450. The van der Waals surface area contributed by atoms with Crippen molar-refractivity contribution in [1.29, 1.82) is 0 Å². The Balaban J connectivity index is 3.09. The van der Waals surface area contributed by atoms with Gasteiger partial charge in [0.15, 0.2) is 5.58 Å². The summed E-state index contributed by atoms with van der Waals surface area (Å²) in [5.74, 6) is -0.468. The molecule has 2 rings (SSSR count). The van der Waals surface area contributed by atoms with Crippen LogP contribution in [0.25, 0.3) is 11.1 Å². The molecule has 0 radical (unpaired) electrons. The van der Waals surface area contributed by atoms with Crippen LogP contribution in [0.1, 0.15) is 0 Å². The summed E-state index contributed by atoms with van der Waals surface area (Å²) in [6, 6.07) is 1.56. The highest BCUT2D eigenvalue weighted by atomic mass is 79.9. The van der Waals surface area contributed by atoms with Crippen LogP contribution in [0.4, 0.5) is 0 Å². The lowest BCUT2D eigenvalue weighted by Gasteiger charge is -1.99. The van der Waals surface area contributed by atoms with Crippen molar-refractivity contribution >= 4 is 50.2 Å². The van der Waals surface area contributed by atoms with Crippen molar-refractivity contribution in [2.24, 2.45) is 7.05 Å². The smallest absolute Gasteiger partial charge is 0.406 e. The number of aromatic nitrogens is 1. The fourth-order valence-corrected chi connectivity index (χ4v) is 2.17. The van der Waals surface area contributed by atoms with Gasteiger partial charge in [0.2, 0.25) is 0 Å². The highest BCUT2D eigenvalue weighted by Crippen LogP contribution is 2.35. The second-order valence-corrected chi connectivity index (χ2v) is 4.37. The van der Waals surface area contributed by atoms with E-state index in [2.05, 4.69) is 15.9 Å². The molecule has 0 amide bonds. The minimum Gasteiger partial charge on any atom is -0.406 e. The molecule has 14 heavy (non-hydrogen) atoms. The predicted octanol–water partition coefficient (Wildman–Crippen LogP) is 3.20. The van der Waals surface area contributed by atoms with Crippen molar-refractivity contribution in [3.05, 3.63) is 31.1 Å². The SMILES string of the molecule is Cn1c(=O)oc2c(Br)c(Cl)cc(Cl)c21. The lowest BCUT2D eigenvalue weighted by molar-refractivity contribution is 0.527. The molecule has 0 unspecified atom stereocenters. The van der Waals surface area contributed by atoms with Gasteiger partial charge in [0.05, 0.1) is 14.5 Å². The van der Waals surface area contributed by atoms with Crippen molar-refractivity contribution in [2.75, 3.05) is 0 Å². The third kappa shape index (κ3) is 1.29. The van der Waals surface area contributed by atoms with Crippen LogP contribution in [-0.2, 0) is 7.05 Å². The summed E-state index contributed by atoms with van der Waals surface area (Å²) in [5, 5.41) is 0.804. The molecule has 0 saturated carbocycles. The molecule has 0 fully saturated rings. The van der Waals surface area contributed by atoms with Crippen LogP contribution < -0.4 is 5.76 Å². The molecule has 2 aromatic rings. The van der Waals surface area contributed by atoms with Crippen LogP contribution in [0.3, 0.4) is 0 Å². The van der Waals surface area contributed by atoms with Crippen molar-refractivity contribution in [3.8, 4) is 0 Å². The molecule has 3 nitrogen and oxygen atoms in total. The van der Waals surface area contributed by atoms with Crippen LogP contribution >= 0.6 is 39.1 Å². The fourth-order valence-electron chi connectivity index (χ4n) is 1.22. The Kier molecular flexibility index (Phi) is 2.37. The second kappa shape index (κ2) is 3.29. The van der Waals surface area contributed by atoms with E-state index in [4.69, 9.17) is 27.6 Å². The molecule has 0 saturated heterocycles. The third-order valence-corrected chi connectivity index (χ3v) is 3.50.